The summed E-state index contributed by atoms with van der Waals surface area (Å²) in [5.41, 5.74) is 3.33. The van der Waals surface area contributed by atoms with Crippen molar-refractivity contribution in [2.45, 2.75) is 13.5 Å². The smallest absolute Gasteiger partial charge is 0.180 e. The molecule has 0 radical (unpaired) electrons. The third-order valence-corrected chi connectivity index (χ3v) is 4.92. The first-order valence-corrected chi connectivity index (χ1v) is 10.3. The molecule has 0 aliphatic carbocycles. The highest BCUT2D eigenvalue weighted by Gasteiger charge is 2.13. The van der Waals surface area contributed by atoms with Crippen molar-refractivity contribution < 1.29 is 9.47 Å². The van der Waals surface area contributed by atoms with E-state index in [1.54, 1.807) is 54.6 Å². The molecule has 0 fully saturated rings. The Morgan fingerprint density at radius 2 is 1.68 bits per heavy atom. The van der Waals surface area contributed by atoms with Gasteiger partial charge in [0.05, 0.1) is 34.9 Å². The fourth-order valence-corrected chi connectivity index (χ4v) is 3.28. The molecule has 0 aliphatic rings. The zero-order chi connectivity index (χ0) is 22.2. The predicted molar refractivity (Wildman–Crippen MR) is 123 cm³/mol. The Kier molecular flexibility index (Phi) is 7.57. The Morgan fingerprint density at radius 1 is 0.968 bits per heavy atom. The van der Waals surface area contributed by atoms with E-state index in [1.165, 1.54) is 0 Å². The first kappa shape index (κ1) is 22.2. The minimum atomic E-state index is 0.306. The van der Waals surface area contributed by atoms with Crippen LogP contribution in [0, 0.1) is 22.7 Å². The molecule has 0 heterocycles. The molecule has 0 atom stereocenters. The van der Waals surface area contributed by atoms with Crippen molar-refractivity contribution in [1.82, 2.24) is 0 Å². The van der Waals surface area contributed by atoms with Gasteiger partial charge in [0.15, 0.2) is 11.5 Å². The summed E-state index contributed by atoms with van der Waals surface area (Å²) in [6, 6.07) is 21.9. The molecule has 6 heteroatoms. The lowest BCUT2D eigenvalue weighted by Crippen LogP contribution is -2.01. The van der Waals surface area contributed by atoms with Crippen LogP contribution >= 0.6 is 23.2 Å². The molecule has 0 N–H and O–H groups in total. The first-order valence-electron chi connectivity index (χ1n) is 9.50. The quantitative estimate of drug-likeness (QED) is 0.291. The summed E-state index contributed by atoms with van der Waals surface area (Å²) in [6.07, 6.45) is 1.72. The second-order valence-electron chi connectivity index (χ2n) is 6.54. The lowest BCUT2D eigenvalue weighted by molar-refractivity contribution is 0.269. The molecule has 3 rings (SSSR count). The van der Waals surface area contributed by atoms with Gasteiger partial charge in [-0.15, -0.1) is 0 Å². The summed E-state index contributed by atoms with van der Waals surface area (Å²) in [7, 11) is 0. The molecule has 31 heavy (non-hydrogen) atoms. The van der Waals surface area contributed by atoms with Crippen LogP contribution in [0.4, 0.5) is 0 Å². The third kappa shape index (κ3) is 5.80. The van der Waals surface area contributed by atoms with E-state index in [9.17, 15) is 5.26 Å². The van der Waals surface area contributed by atoms with Crippen LogP contribution in [0.1, 0.15) is 29.2 Å². The molecule has 0 aromatic heterocycles. The van der Waals surface area contributed by atoms with Gasteiger partial charge >= 0.3 is 0 Å². The van der Waals surface area contributed by atoms with Gasteiger partial charge in [0.1, 0.15) is 6.61 Å². The molecule has 0 amide bonds. The average molecular weight is 449 g/mol. The maximum Gasteiger partial charge on any atom is 0.180 e. The number of nitriles is 2. The number of ether oxygens (including phenoxy) is 2. The Balaban J connectivity index is 1.90. The summed E-state index contributed by atoms with van der Waals surface area (Å²) >= 11 is 12.4. The van der Waals surface area contributed by atoms with E-state index < -0.39 is 0 Å². The monoisotopic (exact) mass is 448 g/mol. The Hall–Kier alpha value is -3.44. The topological polar surface area (TPSA) is 66.0 Å². The van der Waals surface area contributed by atoms with Gasteiger partial charge in [-0.1, -0.05) is 47.5 Å². The fourth-order valence-electron chi connectivity index (χ4n) is 2.88. The number of hydrogen-bond donors (Lipinski definition) is 0. The van der Waals surface area contributed by atoms with Gasteiger partial charge in [0.2, 0.25) is 0 Å². The largest absolute Gasteiger partial charge is 0.490 e. The van der Waals surface area contributed by atoms with Crippen molar-refractivity contribution in [3.63, 3.8) is 0 Å². The van der Waals surface area contributed by atoms with Crippen molar-refractivity contribution in [2.75, 3.05) is 6.61 Å². The zero-order valence-corrected chi connectivity index (χ0v) is 18.2. The van der Waals surface area contributed by atoms with E-state index in [-0.39, 0.29) is 0 Å². The molecule has 3 aromatic carbocycles. The minimum absolute atomic E-state index is 0.306. The van der Waals surface area contributed by atoms with Crippen molar-refractivity contribution in [3.05, 3.63) is 93.0 Å². The van der Waals surface area contributed by atoms with Crippen molar-refractivity contribution in [1.29, 1.82) is 10.5 Å². The van der Waals surface area contributed by atoms with Crippen LogP contribution in [0.25, 0.3) is 11.6 Å². The van der Waals surface area contributed by atoms with E-state index in [2.05, 4.69) is 12.1 Å². The highest BCUT2D eigenvalue weighted by molar-refractivity contribution is 6.32. The molecule has 0 bridgehead atoms. The second kappa shape index (κ2) is 10.5. The number of allylic oxidation sites excluding steroid dienone is 1. The van der Waals surface area contributed by atoms with Gasteiger partial charge in [-0.3, -0.25) is 0 Å². The fraction of sp³-hybridized carbons (Fsp3) is 0.120. The lowest BCUT2D eigenvalue weighted by Gasteiger charge is -2.15. The number of benzene rings is 3. The van der Waals surface area contributed by atoms with Gasteiger partial charge in [-0.25, -0.2) is 0 Å². The van der Waals surface area contributed by atoms with E-state index in [0.29, 0.717) is 57.0 Å². The average Bonchev–Trinajstić information content (AvgIpc) is 2.78. The number of hydrogen-bond acceptors (Lipinski definition) is 4. The first-order chi connectivity index (χ1) is 15.0. The van der Waals surface area contributed by atoms with Gasteiger partial charge in [0, 0.05) is 5.02 Å². The summed E-state index contributed by atoms with van der Waals surface area (Å²) < 4.78 is 11.7. The van der Waals surface area contributed by atoms with Crippen molar-refractivity contribution >= 4 is 34.9 Å². The van der Waals surface area contributed by atoms with Crippen LogP contribution in [0.2, 0.25) is 10.0 Å². The standard InChI is InChI=1S/C25H18Cl2N2O2/c1-2-30-24-13-19(11-21(15-29)20-7-3-17(14-28)4-8-20)12-23(27)25(24)31-16-18-5-9-22(26)10-6-18/h3-13H,2,16H2,1H3/b21-11-. The second-order valence-corrected chi connectivity index (χ2v) is 7.38. The van der Waals surface area contributed by atoms with E-state index in [1.807, 2.05) is 19.1 Å². The third-order valence-electron chi connectivity index (χ3n) is 4.38. The molecule has 3 aromatic rings. The zero-order valence-electron chi connectivity index (χ0n) is 16.7. The number of rotatable bonds is 7. The summed E-state index contributed by atoms with van der Waals surface area (Å²) in [5.74, 6) is 0.930. The van der Waals surface area contributed by atoms with Crippen LogP contribution < -0.4 is 9.47 Å². The minimum Gasteiger partial charge on any atom is -0.490 e. The molecule has 0 saturated carbocycles. The normalized spacial score (nSPS) is 10.8. The van der Waals surface area contributed by atoms with Crippen LogP contribution in [-0.4, -0.2) is 6.61 Å². The van der Waals surface area contributed by atoms with Crippen LogP contribution in [0.15, 0.2) is 60.7 Å². The molecule has 0 aliphatic heterocycles. The molecule has 4 nitrogen and oxygen atoms in total. The SMILES string of the molecule is CCOc1cc(/C=C(/C#N)c2ccc(C#N)cc2)cc(Cl)c1OCc1ccc(Cl)cc1. The number of halogens is 2. The van der Waals surface area contributed by atoms with Gasteiger partial charge in [-0.05, 0) is 66.1 Å². The molecular weight excluding hydrogens is 431 g/mol. The Bertz CT molecular complexity index is 1170. The summed E-state index contributed by atoms with van der Waals surface area (Å²) in [6.45, 7) is 2.61. The van der Waals surface area contributed by atoms with E-state index >= 15 is 0 Å². The summed E-state index contributed by atoms with van der Waals surface area (Å²) in [5, 5.41) is 19.6. The van der Waals surface area contributed by atoms with Crippen LogP contribution in [-0.2, 0) is 6.61 Å². The molecular formula is C25H18Cl2N2O2. The highest BCUT2D eigenvalue weighted by atomic mass is 35.5. The maximum absolute atomic E-state index is 9.61. The Labute approximate surface area is 191 Å². The maximum atomic E-state index is 9.61. The van der Waals surface area contributed by atoms with E-state index in [4.69, 9.17) is 37.9 Å². The van der Waals surface area contributed by atoms with Crippen molar-refractivity contribution in [3.8, 4) is 23.6 Å². The molecule has 154 valence electrons. The lowest BCUT2D eigenvalue weighted by atomic mass is 10.0. The molecule has 0 spiro atoms. The van der Waals surface area contributed by atoms with Gasteiger partial charge in [-0.2, -0.15) is 10.5 Å². The highest BCUT2D eigenvalue weighted by Crippen LogP contribution is 2.38. The van der Waals surface area contributed by atoms with Gasteiger partial charge < -0.3 is 9.47 Å². The van der Waals surface area contributed by atoms with E-state index in [0.717, 1.165) is 5.56 Å². The van der Waals surface area contributed by atoms with Crippen LogP contribution in [0.5, 0.6) is 11.5 Å². The van der Waals surface area contributed by atoms with Crippen molar-refractivity contribution in [2.24, 2.45) is 0 Å². The molecule has 0 unspecified atom stereocenters. The summed E-state index contributed by atoms with van der Waals surface area (Å²) in [4.78, 5) is 0. The number of nitrogens with zero attached hydrogens (tertiary/aromatic N) is 2. The van der Waals surface area contributed by atoms with Gasteiger partial charge in [0.25, 0.3) is 0 Å². The molecule has 0 saturated heterocycles. The Morgan fingerprint density at radius 3 is 2.29 bits per heavy atom. The van der Waals surface area contributed by atoms with Crippen LogP contribution in [0.3, 0.4) is 0 Å². The predicted octanol–water partition coefficient (Wildman–Crippen LogP) is 6.91.